The van der Waals surface area contributed by atoms with Crippen molar-refractivity contribution < 1.29 is 14.3 Å². The molecular weight excluding hydrogens is 342 g/mol. The number of carbonyl (C=O) groups excluding carboxylic acids is 2. The number of benzene rings is 1. The molecule has 0 aromatic heterocycles. The molecule has 2 amide bonds. The SMILES string of the molecule is CC(C)(C)OC(=O)N1CCC2CN(C(=O)[C@@H](N)Cc3ccccc3)CCC21. The van der Waals surface area contributed by atoms with Crippen molar-refractivity contribution in [2.45, 2.75) is 57.7 Å². The van der Waals surface area contributed by atoms with Crippen LogP contribution in [-0.2, 0) is 16.0 Å². The largest absolute Gasteiger partial charge is 0.444 e. The Balaban J connectivity index is 1.56. The Labute approximate surface area is 161 Å². The number of fused-ring (bicyclic) bond motifs is 1. The van der Waals surface area contributed by atoms with E-state index in [0.29, 0.717) is 32.0 Å². The normalized spacial score (nSPS) is 23.7. The van der Waals surface area contributed by atoms with Gasteiger partial charge in [-0.1, -0.05) is 30.3 Å². The number of carbonyl (C=O) groups is 2. The van der Waals surface area contributed by atoms with Crippen molar-refractivity contribution in [1.82, 2.24) is 9.80 Å². The number of hydrogen-bond acceptors (Lipinski definition) is 4. The Kier molecular flexibility index (Phi) is 5.75. The van der Waals surface area contributed by atoms with E-state index in [2.05, 4.69) is 0 Å². The number of likely N-dealkylation sites (tertiary alicyclic amines) is 2. The molecule has 0 saturated carbocycles. The predicted molar refractivity (Wildman–Crippen MR) is 104 cm³/mol. The molecule has 2 aliphatic rings. The van der Waals surface area contributed by atoms with E-state index in [1.165, 1.54) is 0 Å². The highest BCUT2D eigenvalue weighted by molar-refractivity contribution is 5.82. The van der Waals surface area contributed by atoms with Crippen molar-refractivity contribution in [3.8, 4) is 0 Å². The highest BCUT2D eigenvalue weighted by atomic mass is 16.6. The number of piperidine rings is 1. The lowest BCUT2D eigenvalue weighted by molar-refractivity contribution is -0.134. The molecule has 2 unspecified atom stereocenters. The first-order valence-corrected chi connectivity index (χ1v) is 9.82. The molecule has 2 N–H and O–H groups in total. The summed E-state index contributed by atoms with van der Waals surface area (Å²) in [7, 11) is 0. The number of ether oxygens (including phenoxy) is 1. The van der Waals surface area contributed by atoms with Gasteiger partial charge in [-0.3, -0.25) is 4.79 Å². The molecule has 3 rings (SSSR count). The third-order valence-electron chi connectivity index (χ3n) is 5.39. The fourth-order valence-corrected chi connectivity index (χ4v) is 4.12. The summed E-state index contributed by atoms with van der Waals surface area (Å²) in [5.41, 5.74) is 6.77. The molecule has 6 heteroatoms. The van der Waals surface area contributed by atoms with Gasteiger partial charge in [-0.2, -0.15) is 0 Å². The summed E-state index contributed by atoms with van der Waals surface area (Å²) < 4.78 is 5.54. The average molecular weight is 373 g/mol. The Bertz CT molecular complexity index is 671. The number of rotatable bonds is 3. The van der Waals surface area contributed by atoms with Crippen LogP contribution in [0.25, 0.3) is 0 Å². The molecule has 2 saturated heterocycles. The van der Waals surface area contributed by atoms with Crippen molar-refractivity contribution in [2.24, 2.45) is 11.7 Å². The second-order valence-electron chi connectivity index (χ2n) is 8.66. The molecule has 0 radical (unpaired) electrons. The van der Waals surface area contributed by atoms with E-state index in [9.17, 15) is 9.59 Å². The summed E-state index contributed by atoms with van der Waals surface area (Å²) in [5.74, 6) is 0.312. The van der Waals surface area contributed by atoms with Crippen LogP contribution in [0.15, 0.2) is 30.3 Å². The number of amides is 2. The van der Waals surface area contributed by atoms with Gasteiger partial charge in [0, 0.05) is 25.7 Å². The second kappa shape index (κ2) is 7.89. The summed E-state index contributed by atoms with van der Waals surface area (Å²) in [4.78, 5) is 29.0. The van der Waals surface area contributed by atoms with Crippen LogP contribution in [0.1, 0.15) is 39.2 Å². The molecule has 1 aromatic carbocycles. The first kappa shape index (κ1) is 19.7. The molecule has 148 valence electrons. The summed E-state index contributed by atoms with van der Waals surface area (Å²) in [5, 5.41) is 0. The lowest BCUT2D eigenvalue weighted by Crippen LogP contribution is -2.53. The van der Waals surface area contributed by atoms with Crippen molar-refractivity contribution in [1.29, 1.82) is 0 Å². The van der Waals surface area contributed by atoms with Gasteiger partial charge in [0.05, 0.1) is 6.04 Å². The van der Waals surface area contributed by atoms with Crippen LogP contribution in [0, 0.1) is 5.92 Å². The monoisotopic (exact) mass is 373 g/mol. The van der Waals surface area contributed by atoms with Crippen LogP contribution in [0.2, 0.25) is 0 Å². The van der Waals surface area contributed by atoms with E-state index in [4.69, 9.17) is 10.5 Å². The van der Waals surface area contributed by atoms with Gasteiger partial charge in [0.1, 0.15) is 5.60 Å². The van der Waals surface area contributed by atoms with E-state index >= 15 is 0 Å². The van der Waals surface area contributed by atoms with E-state index in [1.54, 1.807) is 0 Å². The Morgan fingerprint density at radius 1 is 1.19 bits per heavy atom. The van der Waals surface area contributed by atoms with Crippen LogP contribution >= 0.6 is 0 Å². The molecule has 2 aliphatic heterocycles. The predicted octanol–water partition coefficient (Wildman–Crippen LogP) is 2.41. The molecule has 2 heterocycles. The molecule has 0 spiro atoms. The van der Waals surface area contributed by atoms with Gasteiger partial charge in [-0.15, -0.1) is 0 Å². The zero-order valence-electron chi connectivity index (χ0n) is 16.6. The molecule has 0 bridgehead atoms. The van der Waals surface area contributed by atoms with Crippen LogP contribution in [-0.4, -0.2) is 59.1 Å². The number of hydrogen-bond donors (Lipinski definition) is 1. The minimum Gasteiger partial charge on any atom is -0.444 e. The molecule has 0 aliphatic carbocycles. The van der Waals surface area contributed by atoms with Gasteiger partial charge in [0.2, 0.25) is 5.91 Å². The van der Waals surface area contributed by atoms with Crippen molar-refractivity contribution in [3.05, 3.63) is 35.9 Å². The zero-order valence-corrected chi connectivity index (χ0v) is 16.6. The van der Waals surface area contributed by atoms with E-state index in [0.717, 1.165) is 18.4 Å². The summed E-state index contributed by atoms with van der Waals surface area (Å²) in [6, 6.07) is 9.51. The van der Waals surface area contributed by atoms with Gasteiger partial charge in [-0.25, -0.2) is 4.79 Å². The summed E-state index contributed by atoms with van der Waals surface area (Å²) in [6.45, 7) is 7.66. The lowest BCUT2D eigenvalue weighted by atomic mass is 9.92. The number of nitrogens with two attached hydrogens (primary N) is 1. The fraction of sp³-hybridized carbons (Fsp3) is 0.619. The Morgan fingerprint density at radius 2 is 1.89 bits per heavy atom. The Morgan fingerprint density at radius 3 is 2.56 bits per heavy atom. The van der Waals surface area contributed by atoms with E-state index in [1.807, 2.05) is 60.9 Å². The number of nitrogens with zero attached hydrogens (tertiary/aromatic N) is 2. The van der Waals surface area contributed by atoms with Crippen LogP contribution < -0.4 is 5.73 Å². The summed E-state index contributed by atoms with van der Waals surface area (Å²) in [6.07, 6.45) is 2.00. The molecule has 2 fully saturated rings. The third-order valence-corrected chi connectivity index (χ3v) is 5.39. The maximum Gasteiger partial charge on any atom is 0.410 e. The van der Waals surface area contributed by atoms with Gasteiger partial charge in [0.25, 0.3) is 0 Å². The fourth-order valence-electron chi connectivity index (χ4n) is 4.12. The van der Waals surface area contributed by atoms with Crippen molar-refractivity contribution in [3.63, 3.8) is 0 Å². The van der Waals surface area contributed by atoms with Crippen LogP contribution in [0.4, 0.5) is 4.79 Å². The minimum absolute atomic E-state index is 0.00743. The zero-order chi connectivity index (χ0) is 19.6. The average Bonchev–Trinajstić information content (AvgIpc) is 3.03. The maximum absolute atomic E-state index is 12.8. The van der Waals surface area contributed by atoms with Crippen LogP contribution in [0.3, 0.4) is 0 Å². The van der Waals surface area contributed by atoms with Gasteiger partial charge in [0.15, 0.2) is 0 Å². The van der Waals surface area contributed by atoms with E-state index < -0.39 is 11.6 Å². The Hall–Kier alpha value is -2.08. The van der Waals surface area contributed by atoms with Crippen molar-refractivity contribution >= 4 is 12.0 Å². The minimum atomic E-state index is -0.521. The molecule has 3 atom stereocenters. The highest BCUT2D eigenvalue weighted by Crippen LogP contribution is 2.32. The molecular formula is C21H31N3O3. The first-order valence-electron chi connectivity index (χ1n) is 9.82. The standard InChI is InChI=1S/C21H31N3O3/c1-21(2,3)27-20(26)24-12-9-16-14-23(11-10-18(16)24)19(25)17(22)13-15-7-5-4-6-8-15/h4-8,16-18H,9-14,22H2,1-3H3/t16?,17-,18?/m0/s1. The van der Waals surface area contributed by atoms with Gasteiger partial charge >= 0.3 is 6.09 Å². The topological polar surface area (TPSA) is 75.9 Å². The first-order chi connectivity index (χ1) is 12.7. The maximum atomic E-state index is 12.8. The quantitative estimate of drug-likeness (QED) is 0.883. The summed E-state index contributed by atoms with van der Waals surface area (Å²) >= 11 is 0. The second-order valence-corrected chi connectivity index (χ2v) is 8.66. The molecule has 27 heavy (non-hydrogen) atoms. The van der Waals surface area contributed by atoms with E-state index in [-0.39, 0.29) is 18.0 Å². The lowest BCUT2D eigenvalue weighted by Gasteiger charge is -2.39. The smallest absolute Gasteiger partial charge is 0.410 e. The molecule has 1 aromatic rings. The van der Waals surface area contributed by atoms with Gasteiger partial charge in [-0.05, 0) is 51.5 Å². The third kappa shape index (κ3) is 4.80. The van der Waals surface area contributed by atoms with Crippen molar-refractivity contribution in [2.75, 3.05) is 19.6 Å². The molecule has 6 nitrogen and oxygen atoms in total. The highest BCUT2D eigenvalue weighted by Gasteiger charge is 2.43. The van der Waals surface area contributed by atoms with Gasteiger partial charge < -0.3 is 20.3 Å². The van der Waals surface area contributed by atoms with Crippen LogP contribution in [0.5, 0.6) is 0 Å².